The highest BCUT2D eigenvalue weighted by Gasteiger charge is 2.31. The summed E-state index contributed by atoms with van der Waals surface area (Å²) in [5.74, 6) is -0.781. The first-order valence-electron chi connectivity index (χ1n) is 11.7. The minimum Gasteiger partial charge on any atom is -0.480 e. The monoisotopic (exact) mass is 521 g/mol. The summed E-state index contributed by atoms with van der Waals surface area (Å²) in [6, 6.07) is 2.72. The van der Waals surface area contributed by atoms with Gasteiger partial charge in [-0.2, -0.15) is 5.10 Å². The zero-order valence-corrected chi connectivity index (χ0v) is 22.3. The molecular formula is C25H33ClFN5O4. The van der Waals surface area contributed by atoms with Crippen LogP contribution in [0.3, 0.4) is 0 Å². The van der Waals surface area contributed by atoms with E-state index in [4.69, 9.17) is 16.3 Å². The van der Waals surface area contributed by atoms with Crippen molar-refractivity contribution >= 4 is 41.1 Å². The molecule has 0 spiro atoms. The number of fused-ring (bicyclic) bond motifs is 1. The van der Waals surface area contributed by atoms with Crippen LogP contribution in [-0.2, 0) is 11.2 Å². The number of benzene rings is 1. The number of aliphatic hydroxyl groups excluding tert-OH is 1. The van der Waals surface area contributed by atoms with Crippen LogP contribution in [0.25, 0.3) is 0 Å². The lowest BCUT2D eigenvalue weighted by molar-refractivity contribution is -0.114. The fourth-order valence-corrected chi connectivity index (χ4v) is 4.07. The number of likely N-dealkylation sites (N-methyl/N-ethyl adjacent to an activating group) is 1. The van der Waals surface area contributed by atoms with Crippen molar-refractivity contribution in [1.29, 1.82) is 0 Å². The Kier molecular flexibility index (Phi) is 10.6. The summed E-state index contributed by atoms with van der Waals surface area (Å²) in [6.07, 6.45) is 3.81. The smallest absolute Gasteiger partial charge is 0.258 e. The van der Waals surface area contributed by atoms with E-state index >= 15 is 4.39 Å². The summed E-state index contributed by atoms with van der Waals surface area (Å²) in [5.41, 5.74) is 2.15. The fraction of sp³-hybridized carbons (Fsp3) is 0.440. The van der Waals surface area contributed by atoms with E-state index in [1.807, 2.05) is 0 Å². The van der Waals surface area contributed by atoms with Gasteiger partial charge in [0.05, 0.1) is 18.5 Å². The first kappa shape index (κ1) is 29.0. The SMILES string of the molecule is CCC.CCN(C=O)/C(CO)=N\N(C)c1cc2c(cc1F)C(=O)N(c1c(C)cnc(OC)c1Cl)CC2. The maximum atomic E-state index is 15.0. The van der Waals surface area contributed by atoms with Gasteiger partial charge < -0.3 is 14.7 Å². The molecular weight excluding hydrogens is 489 g/mol. The quantitative estimate of drug-likeness (QED) is 0.256. The number of aryl methyl sites for hydroxylation is 1. The maximum absolute atomic E-state index is 15.0. The highest BCUT2D eigenvalue weighted by Crippen LogP contribution is 2.38. The lowest BCUT2D eigenvalue weighted by Gasteiger charge is -2.31. The van der Waals surface area contributed by atoms with Crippen molar-refractivity contribution in [2.45, 2.75) is 40.5 Å². The number of anilines is 2. The molecule has 0 aliphatic carbocycles. The Morgan fingerprint density at radius 1 is 1.36 bits per heavy atom. The number of hydrogen-bond acceptors (Lipinski definition) is 7. The van der Waals surface area contributed by atoms with Gasteiger partial charge in [-0.25, -0.2) is 9.37 Å². The van der Waals surface area contributed by atoms with Crippen LogP contribution in [0, 0.1) is 12.7 Å². The molecule has 36 heavy (non-hydrogen) atoms. The molecule has 11 heteroatoms. The molecule has 0 radical (unpaired) electrons. The number of carbonyl (C=O) groups excluding carboxylic acids is 2. The second-order valence-electron chi connectivity index (χ2n) is 8.08. The van der Waals surface area contributed by atoms with Gasteiger partial charge in [0, 0.05) is 31.9 Å². The number of hydrogen-bond donors (Lipinski definition) is 1. The number of carbonyl (C=O) groups is 2. The van der Waals surface area contributed by atoms with Crippen molar-refractivity contribution < 1.29 is 23.8 Å². The molecule has 2 aromatic rings. The van der Waals surface area contributed by atoms with Gasteiger partial charge in [0.2, 0.25) is 12.3 Å². The molecule has 1 aromatic heterocycles. The van der Waals surface area contributed by atoms with Gasteiger partial charge in [-0.05, 0) is 43.5 Å². The van der Waals surface area contributed by atoms with Gasteiger partial charge in [0.15, 0.2) is 5.84 Å². The number of nitrogens with zero attached hydrogens (tertiary/aromatic N) is 5. The standard InChI is InChI=1S/C22H25ClFN5O4.C3H8/c1-5-28(12-31)18(11-30)26-27(3)17-8-14-6-7-29(22(32)15(14)9-16(17)24)20-13(2)10-25-21(33-4)19(20)23;1-3-2/h8-10,12,30H,5-7,11H2,1-4H3;3H2,1-2H3/b26-18-;. The number of hydrazone groups is 1. The minimum atomic E-state index is -0.670. The molecule has 2 amide bonds. The Morgan fingerprint density at radius 2 is 2.03 bits per heavy atom. The van der Waals surface area contributed by atoms with Gasteiger partial charge in [0.1, 0.15) is 17.4 Å². The average Bonchev–Trinajstić information content (AvgIpc) is 2.86. The van der Waals surface area contributed by atoms with Gasteiger partial charge in [0.25, 0.3) is 5.91 Å². The Labute approximate surface area is 216 Å². The predicted octanol–water partition coefficient (Wildman–Crippen LogP) is 4.03. The molecule has 2 heterocycles. The average molecular weight is 522 g/mol. The summed E-state index contributed by atoms with van der Waals surface area (Å²) in [5, 5.41) is 15.2. The summed E-state index contributed by atoms with van der Waals surface area (Å²) >= 11 is 6.42. The van der Waals surface area contributed by atoms with Crippen molar-refractivity contribution in [3.8, 4) is 5.88 Å². The van der Waals surface area contributed by atoms with E-state index in [1.54, 1.807) is 26.1 Å². The van der Waals surface area contributed by atoms with Gasteiger partial charge >= 0.3 is 0 Å². The van der Waals surface area contributed by atoms with E-state index < -0.39 is 12.4 Å². The molecule has 1 aliphatic rings. The molecule has 0 unspecified atom stereocenters. The maximum Gasteiger partial charge on any atom is 0.258 e. The van der Waals surface area contributed by atoms with Gasteiger partial charge in [-0.15, -0.1) is 0 Å². The number of aromatic nitrogens is 1. The molecule has 1 aromatic carbocycles. The zero-order valence-electron chi connectivity index (χ0n) is 21.5. The second kappa shape index (κ2) is 13.2. The zero-order chi connectivity index (χ0) is 27.0. The van der Waals surface area contributed by atoms with E-state index in [0.717, 1.165) is 0 Å². The molecule has 9 nitrogen and oxygen atoms in total. The number of rotatable bonds is 7. The Morgan fingerprint density at radius 3 is 2.58 bits per heavy atom. The highest BCUT2D eigenvalue weighted by molar-refractivity contribution is 6.35. The molecule has 0 saturated heterocycles. The minimum absolute atomic E-state index is 0.0751. The lowest BCUT2D eigenvalue weighted by atomic mass is 9.97. The number of aliphatic hydroxyl groups is 1. The summed E-state index contributed by atoms with van der Waals surface area (Å²) in [6.45, 7) is 7.89. The predicted molar refractivity (Wildman–Crippen MR) is 140 cm³/mol. The Bertz CT molecular complexity index is 1130. The first-order chi connectivity index (χ1) is 17.2. The second-order valence-corrected chi connectivity index (χ2v) is 8.46. The van der Waals surface area contributed by atoms with Crippen LogP contribution in [0.2, 0.25) is 5.02 Å². The van der Waals surface area contributed by atoms with Crippen LogP contribution in [0.5, 0.6) is 5.88 Å². The van der Waals surface area contributed by atoms with E-state index in [9.17, 15) is 14.7 Å². The molecule has 0 bridgehead atoms. The van der Waals surface area contributed by atoms with Crippen molar-refractivity contribution in [2.75, 3.05) is 43.8 Å². The van der Waals surface area contributed by atoms with Crippen molar-refractivity contribution in [3.05, 3.63) is 45.9 Å². The third-order valence-electron chi connectivity index (χ3n) is 5.42. The number of amidine groups is 1. The normalized spacial score (nSPS) is 13.0. The van der Waals surface area contributed by atoms with E-state index in [0.29, 0.717) is 42.7 Å². The Hall–Kier alpha value is -3.24. The lowest BCUT2D eigenvalue weighted by Crippen LogP contribution is -2.38. The van der Waals surface area contributed by atoms with Crippen molar-refractivity contribution in [1.82, 2.24) is 9.88 Å². The number of pyridine rings is 1. The largest absolute Gasteiger partial charge is 0.480 e. The Balaban J connectivity index is 0.00000145. The summed E-state index contributed by atoms with van der Waals surface area (Å²) < 4.78 is 20.2. The van der Waals surface area contributed by atoms with Crippen LogP contribution >= 0.6 is 11.6 Å². The molecule has 196 valence electrons. The van der Waals surface area contributed by atoms with E-state index in [2.05, 4.69) is 23.9 Å². The van der Waals surface area contributed by atoms with E-state index in [-0.39, 0.29) is 33.9 Å². The number of amides is 2. The molecule has 0 atom stereocenters. The fourth-order valence-electron chi connectivity index (χ4n) is 3.70. The summed E-state index contributed by atoms with van der Waals surface area (Å²) in [7, 11) is 2.94. The van der Waals surface area contributed by atoms with Gasteiger partial charge in [-0.3, -0.25) is 19.5 Å². The molecule has 1 aliphatic heterocycles. The van der Waals surface area contributed by atoms with E-state index in [1.165, 1.54) is 41.5 Å². The van der Waals surface area contributed by atoms with Gasteiger partial charge in [-0.1, -0.05) is 31.9 Å². The van der Waals surface area contributed by atoms with Crippen molar-refractivity contribution in [2.24, 2.45) is 5.10 Å². The molecule has 1 N–H and O–H groups in total. The first-order valence-corrected chi connectivity index (χ1v) is 12.0. The molecule has 0 fully saturated rings. The topological polar surface area (TPSA) is 98.6 Å². The van der Waals surface area contributed by atoms with Crippen LogP contribution < -0.4 is 14.6 Å². The van der Waals surface area contributed by atoms with Crippen LogP contribution in [0.15, 0.2) is 23.4 Å². The van der Waals surface area contributed by atoms with Crippen molar-refractivity contribution in [3.63, 3.8) is 0 Å². The summed E-state index contributed by atoms with van der Waals surface area (Å²) in [4.78, 5) is 31.2. The number of halogens is 2. The van der Waals surface area contributed by atoms with Crippen LogP contribution in [-0.4, -0.2) is 67.0 Å². The molecule has 0 saturated carbocycles. The number of ether oxygens (including phenoxy) is 1. The molecule has 3 rings (SSSR count). The van der Waals surface area contributed by atoms with Crippen LogP contribution in [0.1, 0.15) is 48.7 Å². The number of methoxy groups -OCH3 is 1. The third kappa shape index (κ3) is 6.11. The third-order valence-corrected chi connectivity index (χ3v) is 5.76. The highest BCUT2D eigenvalue weighted by atomic mass is 35.5. The van der Waals surface area contributed by atoms with Crippen LogP contribution in [0.4, 0.5) is 15.8 Å².